The van der Waals surface area contributed by atoms with Crippen LogP contribution in [0.4, 0.5) is 11.4 Å². The third-order valence-corrected chi connectivity index (χ3v) is 9.49. The lowest BCUT2D eigenvalue weighted by Gasteiger charge is -2.24. The van der Waals surface area contributed by atoms with E-state index in [-0.39, 0.29) is 36.5 Å². The number of oxazole rings is 1. The summed E-state index contributed by atoms with van der Waals surface area (Å²) in [6, 6.07) is 32.7. The van der Waals surface area contributed by atoms with Gasteiger partial charge < -0.3 is 24.9 Å². The van der Waals surface area contributed by atoms with Crippen LogP contribution in [0.3, 0.4) is 0 Å². The highest BCUT2D eigenvalue weighted by atomic mass is 16.4. The molecule has 1 aromatic heterocycles. The van der Waals surface area contributed by atoms with Crippen LogP contribution in [0, 0.1) is 0 Å². The van der Waals surface area contributed by atoms with Crippen LogP contribution in [0.5, 0.6) is 0 Å². The second-order valence-corrected chi connectivity index (χ2v) is 13.0. The molecule has 2 saturated heterocycles. The Morgan fingerprint density at radius 2 is 1.06 bits per heavy atom. The average Bonchev–Trinajstić information content (AvgIpc) is 3.95. The van der Waals surface area contributed by atoms with Crippen molar-refractivity contribution in [3.63, 3.8) is 0 Å². The monoisotopic (exact) mass is 681 g/mol. The Morgan fingerprint density at radius 1 is 0.608 bits per heavy atom. The molecule has 2 aliphatic rings. The molecule has 4 aromatic carbocycles. The van der Waals surface area contributed by atoms with E-state index in [0.717, 1.165) is 35.1 Å². The van der Waals surface area contributed by atoms with Crippen LogP contribution < -0.4 is 10.6 Å². The molecule has 0 bridgehead atoms. The maximum atomic E-state index is 13.2. The van der Waals surface area contributed by atoms with E-state index in [1.165, 1.54) is 0 Å². The molecule has 258 valence electrons. The van der Waals surface area contributed by atoms with Crippen LogP contribution in [0.1, 0.15) is 36.8 Å². The fourth-order valence-electron chi connectivity index (χ4n) is 6.83. The van der Waals surface area contributed by atoms with Crippen molar-refractivity contribution >= 4 is 35.0 Å². The molecule has 51 heavy (non-hydrogen) atoms. The van der Waals surface area contributed by atoms with Crippen molar-refractivity contribution in [3.8, 4) is 22.8 Å². The van der Waals surface area contributed by atoms with Crippen molar-refractivity contribution in [1.82, 2.24) is 14.8 Å². The minimum Gasteiger partial charge on any atom is -0.436 e. The van der Waals surface area contributed by atoms with Crippen LogP contribution >= 0.6 is 0 Å². The third kappa shape index (κ3) is 7.91. The number of likely N-dealkylation sites (tertiary alicyclic amines) is 2. The van der Waals surface area contributed by atoms with Gasteiger partial charge in [-0.2, -0.15) is 0 Å². The number of benzene rings is 4. The van der Waals surface area contributed by atoms with E-state index in [0.29, 0.717) is 49.0 Å². The van der Waals surface area contributed by atoms with Gasteiger partial charge in [-0.3, -0.25) is 19.2 Å². The highest BCUT2D eigenvalue weighted by molar-refractivity contribution is 5.98. The molecule has 0 aliphatic carbocycles. The molecule has 7 rings (SSSR count). The Morgan fingerprint density at radius 3 is 1.53 bits per heavy atom. The van der Waals surface area contributed by atoms with Crippen LogP contribution in [0.25, 0.3) is 22.8 Å². The molecule has 2 fully saturated rings. The first-order valence-electron chi connectivity index (χ1n) is 17.4. The van der Waals surface area contributed by atoms with Gasteiger partial charge in [0, 0.05) is 35.6 Å². The van der Waals surface area contributed by atoms with Gasteiger partial charge in [0.05, 0.1) is 19.0 Å². The number of hydrogen-bond acceptors (Lipinski definition) is 6. The molecule has 10 nitrogen and oxygen atoms in total. The molecule has 0 saturated carbocycles. The predicted molar refractivity (Wildman–Crippen MR) is 194 cm³/mol. The quantitative estimate of drug-likeness (QED) is 0.177. The second kappa shape index (κ2) is 15.2. The standard InChI is InChI=1S/C41H39N5O5/c47-37(25-28-9-3-1-4-10-28)45-23-7-13-34(45)39(49)43-32-19-15-30(16-20-32)36-27-42-41(51-36)31-17-21-33(22-18-31)44-40(50)35-14-8-24-46(35)38(48)26-29-11-5-2-6-12-29/h1-6,9-12,15-22,27,34-35H,7-8,13-14,23-26H2,(H,43,49)(H,44,50)/t34-,35-/m0/s1. The number of nitrogens with zero attached hydrogens (tertiary/aromatic N) is 3. The second-order valence-electron chi connectivity index (χ2n) is 13.0. The Kier molecular flexibility index (Phi) is 10.0. The Labute approximate surface area is 296 Å². The molecule has 2 N–H and O–H groups in total. The van der Waals surface area contributed by atoms with Crippen molar-refractivity contribution in [2.24, 2.45) is 0 Å². The van der Waals surface area contributed by atoms with Crippen molar-refractivity contribution < 1.29 is 23.6 Å². The summed E-state index contributed by atoms with van der Waals surface area (Å²) in [6.07, 6.45) is 5.04. The Balaban J connectivity index is 0.927. The van der Waals surface area contributed by atoms with E-state index < -0.39 is 12.1 Å². The number of nitrogens with one attached hydrogen (secondary N) is 2. The summed E-state index contributed by atoms with van der Waals surface area (Å²) < 4.78 is 6.06. The molecule has 0 unspecified atom stereocenters. The van der Waals surface area contributed by atoms with Gasteiger partial charge >= 0.3 is 0 Å². The minimum atomic E-state index is -0.499. The topological polar surface area (TPSA) is 125 Å². The number of carbonyl (C=O) groups is 4. The largest absolute Gasteiger partial charge is 0.436 e. The van der Waals surface area contributed by atoms with Gasteiger partial charge in [0.2, 0.25) is 29.5 Å². The van der Waals surface area contributed by atoms with Crippen LogP contribution in [-0.4, -0.2) is 63.6 Å². The summed E-state index contributed by atoms with van der Waals surface area (Å²) in [5, 5.41) is 5.93. The predicted octanol–water partition coefficient (Wildman–Crippen LogP) is 6.35. The van der Waals surface area contributed by atoms with E-state index >= 15 is 0 Å². The van der Waals surface area contributed by atoms with Gasteiger partial charge in [-0.1, -0.05) is 60.7 Å². The van der Waals surface area contributed by atoms with Gasteiger partial charge in [0.15, 0.2) is 5.76 Å². The lowest BCUT2D eigenvalue weighted by molar-refractivity contribution is -0.136. The van der Waals surface area contributed by atoms with Gasteiger partial charge in [0.1, 0.15) is 12.1 Å². The van der Waals surface area contributed by atoms with Gasteiger partial charge in [-0.25, -0.2) is 4.98 Å². The van der Waals surface area contributed by atoms with Crippen LogP contribution in [0.2, 0.25) is 0 Å². The number of rotatable bonds is 10. The van der Waals surface area contributed by atoms with Crippen molar-refractivity contribution in [2.75, 3.05) is 23.7 Å². The molecule has 0 radical (unpaired) electrons. The SMILES string of the molecule is O=C(Nc1ccc(-c2cnc(-c3ccc(NC(=O)[C@@H]4CCCN4C(=O)Cc4ccccc4)cc3)o2)cc1)[C@@H]1CCCN1C(=O)Cc1ccccc1. The molecule has 4 amide bonds. The van der Waals surface area contributed by atoms with Crippen molar-refractivity contribution in [2.45, 2.75) is 50.6 Å². The smallest absolute Gasteiger partial charge is 0.247 e. The molecular formula is C41H39N5O5. The van der Waals surface area contributed by atoms with Gasteiger partial charge in [0.25, 0.3) is 0 Å². The molecular weight excluding hydrogens is 642 g/mol. The average molecular weight is 682 g/mol. The first-order valence-corrected chi connectivity index (χ1v) is 17.4. The molecule has 10 heteroatoms. The summed E-state index contributed by atoms with van der Waals surface area (Å²) in [5.74, 6) is 0.511. The molecule has 3 heterocycles. The normalized spacial score (nSPS) is 16.9. The molecule has 5 aromatic rings. The van der Waals surface area contributed by atoms with Crippen molar-refractivity contribution in [1.29, 1.82) is 0 Å². The van der Waals surface area contributed by atoms with Crippen molar-refractivity contribution in [3.05, 3.63) is 127 Å². The van der Waals surface area contributed by atoms with E-state index in [4.69, 9.17) is 4.42 Å². The fourth-order valence-corrected chi connectivity index (χ4v) is 6.83. The number of carbonyl (C=O) groups excluding carboxylic acids is 4. The fraction of sp³-hybridized carbons (Fsp3) is 0.244. The summed E-state index contributed by atoms with van der Waals surface area (Å²) in [6.45, 7) is 1.15. The lowest BCUT2D eigenvalue weighted by Crippen LogP contribution is -2.43. The van der Waals surface area contributed by atoms with Gasteiger partial charge in [-0.15, -0.1) is 0 Å². The Hall–Kier alpha value is -6.03. The highest BCUT2D eigenvalue weighted by Crippen LogP contribution is 2.29. The minimum absolute atomic E-state index is 0.0435. The first kappa shape index (κ1) is 33.5. The molecule has 0 spiro atoms. The zero-order valence-corrected chi connectivity index (χ0v) is 28.2. The number of amides is 4. The molecule has 2 aliphatic heterocycles. The summed E-state index contributed by atoms with van der Waals surface area (Å²) >= 11 is 0. The Bertz CT molecular complexity index is 1850. The first-order chi connectivity index (χ1) is 24.9. The van der Waals surface area contributed by atoms with Crippen LogP contribution in [-0.2, 0) is 32.0 Å². The maximum Gasteiger partial charge on any atom is 0.247 e. The zero-order valence-electron chi connectivity index (χ0n) is 28.2. The zero-order chi connectivity index (χ0) is 35.2. The van der Waals surface area contributed by atoms with E-state index in [1.54, 1.807) is 40.3 Å². The third-order valence-electron chi connectivity index (χ3n) is 9.49. The highest BCUT2D eigenvalue weighted by Gasteiger charge is 2.35. The summed E-state index contributed by atoms with van der Waals surface area (Å²) in [4.78, 5) is 60.1. The van der Waals surface area contributed by atoms with E-state index in [9.17, 15) is 19.2 Å². The summed E-state index contributed by atoms with van der Waals surface area (Å²) in [7, 11) is 0. The summed E-state index contributed by atoms with van der Waals surface area (Å²) in [5.41, 5.74) is 4.65. The lowest BCUT2D eigenvalue weighted by atomic mass is 10.1. The number of anilines is 2. The number of hydrogen-bond donors (Lipinski definition) is 2. The molecule has 2 atom stereocenters. The van der Waals surface area contributed by atoms with Gasteiger partial charge in [-0.05, 0) is 85.3 Å². The van der Waals surface area contributed by atoms with E-state index in [1.807, 2.05) is 84.9 Å². The number of aromatic nitrogens is 1. The maximum absolute atomic E-state index is 13.2. The van der Waals surface area contributed by atoms with E-state index in [2.05, 4.69) is 15.6 Å². The van der Waals surface area contributed by atoms with Crippen LogP contribution in [0.15, 0.2) is 120 Å².